The number of Topliss-reactive ketones (excluding diaryl/α,β-unsaturated/α-hetero) is 1. The van der Waals surface area contributed by atoms with E-state index in [0.29, 0.717) is 27.8 Å². The molecule has 0 saturated carbocycles. The second kappa shape index (κ2) is 8.13. The summed E-state index contributed by atoms with van der Waals surface area (Å²) in [6.07, 6.45) is 2.74. The number of hydrogen-bond acceptors (Lipinski definition) is 8. The zero-order valence-corrected chi connectivity index (χ0v) is 18.9. The highest BCUT2D eigenvalue weighted by Crippen LogP contribution is 2.48. The van der Waals surface area contributed by atoms with E-state index in [4.69, 9.17) is 18.6 Å². The molecule has 0 fully saturated rings. The first kappa shape index (κ1) is 21.7. The Kier molecular flexibility index (Phi) is 4.89. The van der Waals surface area contributed by atoms with Gasteiger partial charge in [-0.25, -0.2) is 0 Å². The first-order valence-electron chi connectivity index (χ1n) is 11.1. The number of para-hydroxylation sites is 1. The standard InChI is InChI=1S/C28H18O8/c1-33-21-8-6-14(10-19(21)29)11-23-27(32)16-7-9-22-25(28(16)36-23)17(12-24(30)35-22)18-13-34-20-5-3-2-4-15(20)26(18)31/h2-11,13,17,29H,12H2,1H3/b23-11-/t17-/m0/s1. The van der Waals surface area contributed by atoms with Crippen molar-refractivity contribution < 1.29 is 33.3 Å². The lowest BCUT2D eigenvalue weighted by atomic mass is 9.85. The molecule has 0 bridgehead atoms. The first-order valence-corrected chi connectivity index (χ1v) is 11.1. The molecule has 2 aliphatic heterocycles. The summed E-state index contributed by atoms with van der Waals surface area (Å²) in [5.41, 5.74) is 1.68. The summed E-state index contributed by atoms with van der Waals surface area (Å²) in [4.78, 5) is 38.9. The fourth-order valence-electron chi connectivity index (χ4n) is 4.65. The Labute approximate surface area is 204 Å². The number of allylic oxidation sites excluding steroid dienone is 1. The van der Waals surface area contributed by atoms with Gasteiger partial charge in [-0.1, -0.05) is 18.2 Å². The number of hydrogen-bond donors (Lipinski definition) is 1. The molecule has 1 aromatic heterocycles. The molecule has 0 amide bonds. The Morgan fingerprint density at radius 1 is 1.03 bits per heavy atom. The Morgan fingerprint density at radius 2 is 1.86 bits per heavy atom. The molecule has 3 heterocycles. The zero-order valence-electron chi connectivity index (χ0n) is 18.9. The van der Waals surface area contributed by atoms with E-state index in [2.05, 4.69) is 0 Å². The lowest BCUT2D eigenvalue weighted by Gasteiger charge is -2.25. The third kappa shape index (κ3) is 3.34. The normalized spacial score (nSPS) is 17.5. The molecule has 1 N–H and O–H groups in total. The van der Waals surface area contributed by atoms with Crippen molar-refractivity contribution in [1.82, 2.24) is 0 Å². The largest absolute Gasteiger partial charge is 0.504 e. The molecule has 36 heavy (non-hydrogen) atoms. The lowest BCUT2D eigenvalue weighted by Crippen LogP contribution is -2.25. The average Bonchev–Trinajstić information content (AvgIpc) is 3.19. The lowest BCUT2D eigenvalue weighted by molar-refractivity contribution is -0.135. The molecule has 2 aliphatic rings. The first-order chi connectivity index (χ1) is 17.4. The van der Waals surface area contributed by atoms with Crippen LogP contribution in [0.15, 0.2) is 75.8 Å². The molecule has 0 unspecified atom stereocenters. The summed E-state index contributed by atoms with van der Waals surface area (Å²) < 4.78 is 22.2. The Hall–Kier alpha value is -4.85. The van der Waals surface area contributed by atoms with E-state index < -0.39 is 11.9 Å². The van der Waals surface area contributed by atoms with Crippen LogP contribution in [0.4, 0.5) is 0 Å². The van der Waals surface area contributed by atoms with Gasteiger partial charge in [-0.15, -0.1) is 0 Å². The summed E-state index contributed by atoms with van der Waals surface area (Å²) in [5.74, 6) is -0.906. The van der Waals surface area contributed by atoms with Crippen LogP contribution in [0.2, 0.25) is 0 Å². The minimum Gasteiger partial charge on any atom is -0.504 e. The van der Waals surface area contributed by atoms with Crippen molar-refractivity contribution in [2.45, 2.75) is 12.3 Å². The smallest absolute Gasteiger partial charge is 0.312 e. The second-order valence-corrected chi connectivity index (χ2v) is 8.47. The summed E-state index contributed by atoms with van der Waals surface area (Å²) in [6.45, 7) is 0. The number of esters is 1. The number of phenolic OH excluding ortho intramolecular Hbond substituents is 1. The van der Waals surface area contributed by atoms with E-state index in [1.165, 1.54) is 37.6 Å². The highest BCUT2D eigenvalue weighted by Gasteiger charge is 2.39. The number of ether oxygens (including phenoxy) is 3. The van der Waals surface area contributed by atoms with Crippen LogP contribution in [0.1, 0.15) is 39.4 Å². The van der Waals surface area contributed by atoms with Crippen molar-refractivity contribution in [3.8, 4) is 23.0 Å². The molecule has 0 saturated heterocycles. The Morgan fingerprint density at radius 3 is 2.67 bits per heavy atom. The number of aromatic hydroxyl groups is 1. The maximum absolute atomic E-state index is 13.3. The van der Waals surface area contributed by atoms with Crippen molar-refractivity contribution >= 4 is 28.8 Å². The highest BCUT2D eigenvalue weighted by molar-refractivity contribution is 6.15. The van der Waals surface area contributed by atoms with E-state index in [0.717, 1.165) is 0 Å². The maximum atomic E-state index is 13.3. The van der Waals surface area contributed by atoms with Gasteiger partial charge in [0, 0.05) is 17.0 Å². The van der Waals surface area contributed by atoms with Crippen LogP contribution < -0.4 is 19.6 Å². The quantitative estimate of drug-likeness (QED) is 0.257. The number of ketones is 1. The Balaban J connectivity index is 1.47. The van der Waals surface area contributed by atoms with Gasteiger partial charge >= 0.3 is 5.97 Å². The van der Waals surface area contributed by atoms with Gasteiger partial charge in [0.05, 0.1) is 30.7 Å². The number of phenols is 1. The van der Waals surface area contributed by atoms with Crippen molar-refractivity contribution in [2.24, 2.45) is 0 Å². The van der Waals surface area contributed by atoms with Gasteiger partial charge in [0.1, 0.15) is 17.1 Å². The topological polar surface area (TPSA) is 112 Å². The molecule has 8 heteroatoms. The molecule has 0 radical (unpaired) electrons. The van der Waals surface area contributed by atoms with Crippen LogP contribution in [0, 0.1) is 0 Å². The van der Waals surface area contributed by atoms with Crippen molar-refractivity contribution in [3.05, 3.63) is 99.1 Å². The van der Waals surface area contributed by atoms with Crippen LogP contribution in [0.3, 0.4) is 0 Å². The van der Waals surface area contributed by atoms with Crippen LogP contribution >= 0.6 is 0 Å². The molecule has 4 aromatic rings. The number of carbonyl (C=O) groups is 2. The fraction of sp³-hybridized carbons (Fsp3) is 0.107. The minimum atomic E-state index is -0.728. The molecule has 6 rings (SSSR count). The number of rotatable bonds is 3. The summed E-state index contributed by atoms with van der Waals surface area (Å²) >= 11 is 0. The minimum absolute atomic E-state index is 0.0316. The molecule has 0 aliphatic carbocycles. The third-order valence-electron chi connectivity index (χ3n) is 6.36. The van der Waals surface area contributed by atoms with Gasteiger partial charge in [-0.3, -0.25) is 14.4 Å². The highest BCUT2D eigenvalue weighted by atomic mass is 16.5. The maximum Gasteiger partial charge on any atom is 0.312 e. The predicted molar refractivity (Wildman–Crippen MR) is 129 cm³/mol. The zero-order chi connectivity index (χ0) is 25.0. The molecule has 1 atom stereocenters. The van der Waals surface area contributed by atoms with Crippen LogP contribution in [0.25, 0.3) is 17.0 Å². The second-order valence-electron chi connectivity index (χ2n) is 8.47. The van der Waals surface area contributed by atoms with Crippen molar-refractivity contribution in [1.29, 1.82) is 0 Å². The summed E-state index contributed by atoms with van der Waals surface area (Å²) in [5, 5.41) is 10.5. The van der Waals surface area contributed by atoms with Crippen LogP contribution in [-0.4, -0.2) is 24.0 Å². The number of carbonyl (C=O) groups excluding carboxylic acids is 2. The molecule has 178 valence electrons. The Bertz CT molecular complexity index is 1680. The number of methoxy groups -OCH3 is 1. The van der Waals surface area contributed by atoms with Crippen molar-refractivity contribution in [3.63, 3.8) is 0 Å². The van der Waals surface area contributed by atoms with Crippen molar-refractivity contribution in [2.75, 3.05) is 7.11 Å². The van der Waals surface area contributed by atoms with Gasteiger partial charge in [0.2, 0.25) is 5.78 Å². The summed E-state index contributed by atoms with van der Waals surface area (Å²) in [6, 6.07) is 14.6. The van der Waals surface area contributed by atoms with E-state index in [1.807, 2.05) is 0 Å². The van der Waals surface area contributed by atoms with Gasteiger partial charge in [-0.05, 0) is 48.0 Å². The van der Waals surface area contributed by atoms with Crippen LogP contribution in [-0.2, 0) is 4.79 Å². The molecule has 0 spiro atoms. The third-order valence-corrected chi connectivity index (χ3v) is 6.36. The van der Waals surface area contributed by atoms with E-state index in [1.54, 1.807) is 36.4 Å². The average molecular weight is 482 g/mol. The van der Waals surface area contributed by atoms with E-state index >= 15 is 0 Å². The molecular weight excluding hydrogens is 464 g/mol. The van der Waals surface area contributed by atoms with E-state index in [9.17, 15) is 19.5 Å². The van der Waals surface area contributed by atoms with Gasteiger partial charge < -0.3 is 23.7 Å². The molecular formula is C28H18O8. The predicted octanol–water partition coefficient (Wildman–Crippen LogP) is 4.56. The molecule has 8 nitrogen and oxygen atoms in total. The van der Waals surface area contributed by atoms with Gasteiger partial charge in [0.25, 0.3) is 0 Å². The van der Waals surface area contributed by atoms with Gasteiger partial charge in [0.15, 0.2) is 22.7 Å². The molecule has 3 aromatic carbocycles. The monoisotopic (exact) mass is 482 g/mol. The van der Waals surface area contributed by atoms with Gasteiger partial charge in [-0.2, -0.15) is 0 Å². The van der Waals surface area contributed by atoms with E-state index in [-0.39, 0.29) is 51.8 Å². The van der Waals surface area contributed by atoms with Crippen LogP contribution in [0.5, 0.6) is 23.0 Å². The number of fused-ring (bicyclic) bond motifs is 4. The number of benzene rings is 3. The SMILES string of the molecule is COc1ccc(/C=C2\Oc3c(ccc4c3[C@H](c3coc5ccccc5c3=O)CC(=O)O4)C2=O)cc1O. The summed E-state index contributed by atoms with van der Waals surface area (Å²) in [7, 11) is 1.44. The fourth-order valence-corrected chi connectivity index (χ4v) is 4.65.